The molecule has 0 bridgehead atoms. The second-order valence-electron chi connectivity index (χ2n) is 2.70. The molecular weight excluding hydrogens is 180 g/mol. The van der Waals surface area contributed by atoms with E-state index in [0.29, 0.717) is 0 Å². The number of carbonyl (C=O) groups excluding carboxylic acids is 1. The minimum atomic E-state index is -2.22. The third-order valence-corrected chi connectivity index (χ3v) is 1.68. The number of hydrogen-bond acceptors (Lipinski definition) is 3. The largest absolute Gasteiger partial charge is 0.465 e. The maximum absolute atomic E-state index is 13.5. The van der Waals surface area contributed by atoms with E-state index in [1.54, 1.807) is 0 Å². The van der Waals surface area contributed by atoms with Gasteiger partial charge >= 0.3 is 5.97 Å². The van der Waals surface area contributed by atoms with Crippen molar-refractivity contribution in [1.29, 1.82) is 0 Å². The van der Waals surface area contributed by atoms with E-state index in [-0.39, 0.29) is 0 Å². The van der Waals surface area contributed by atoms with Crippen LogP contribution in [0, 0.1) is 0 Å². The molecule has 1 N–H and O–H groups in total. The number of ether oxygens (including phenoxy) is 1. The number of dihydropyridines is 1. The molecule has 0 saturated carbocycles. The van der Waals surface area contributed by atoms with Gasteiger partial charge in [0.1, 0.15) is 11.4 Å². The molecule has 0 aliphatic carbocycles. The standard InChI is InChI=1S/C8H9F2NO2/c1-8(10)6(7(12)13-2)5(9)3-4-11-8/h3-4,11H,1-2H3. The Balaban J connectivity index is 3.12. The highest BCUT2D eigenvalue weighted by molar-refractivity contribution is 5.91. The van der Waals surface area contributed by atoms with Gasteiger partial charge in [-0.1, -0.05) is 0 Å². The predicted molar refractivity (Wildman–Crippen MR) is 41.9 cm³/mol. The van der Waals surface area contributed by atoms with Crippen LogP contribution in [0.15, 0.2) is 23.7 Å². The first-order valence-corrected chi connectivity index (χ1v) is 3.61. The summed E-state index contributed by atoms with van der Waals surface area (Å²) in [4.78, 5) is 11.0. The number of carbonyl (C=O) groups is 1. The van der Waals surface area contributed by atoms with Crippen LogP contribution in [0.25, 0.3) is 0 Å². The Morgan fingerprint density at radius 1 is 1.69 bits per heavy atom. The lowest BCUT2D eigenvalue weighted by atomic mass is 10.0. The molecule has 0 aromatic rings. The highest BCUT2D eigenvalue weighted by atomic mass is 19.2. The Kier molecular flexibility index (Phi) is 2.36. The van der Waals surface area contributed by atoms with Crippen molar-refractivity contribution in [1.82, 2.24) is 5.32 Å². The molecule has 5 heteroatoms. The van der Waals surface area contributed by atoms with Crippen molar-refractivity contribution in [3.8, 4) is 0 Å². The SMILES string of the molecule is COC(=O)C1=C(F)C=CNC1(C)F. The topological polar surface area (TPSA) is 38.3 Å². The van der Waals surface area contributed by atoms with E-state index in [1.165, 1.54) is 0 Å². The van der Waals surface area contributed by atoms with Crippen molar-refractivity contribution in [3.05, 3.63) is 23.7 Å². The van der Waals surface area contributed by atoms with E-state index in [2.05, 4.69) is 10.1 Å². The number of esters is 1. The molecular formula is C8H9F2NO2. The fourth-order valence-electron chi connectivity index (χ4n) is 1.04. The quantitative estimate of drug-likeness (QED) is 0.497. The Labute approximate surface area is 74.1 Å². The number of methoxy groups -OCH3 is 1. The third kappa shape index (κ3) is 1.68. The molecule has 0 aromatic heterocycles. The number of halogens is 2. The number of hydrogen-bond donors (Lipinski definition) is 1. The summed E-state index contributed by atoms with van der Waals surface area (Å²) in [5.41, 5.74) is -0.641. The summed E-state index contributed by atoms with van der Waals surface area (Å²) < 4.78 is 30.7. The molecule has 0 fully saturated rings. The molecule has 1 heterocycles. The van der Waals surface area contributed by atoms with Gasteiger partial charge in [0.05, 0.1) is 7.11 Å². The van der Waals surface area contributed by atoms with E-state index in [4.69, 9.17) is 0 Å². The Morgan fingerprint density at radius 3 is 2.77 bits per heavy atom. The van der Waals surface area contributed by atoms with Gasteiger partial charge in [0, 0.05) is 6.20 Å². The zero-order valence-electron chi connectivity index (χ0n) is 7.23. The van der Waals surface area contributed by atoms with Gasteiger partial charge in [0.15, 0.2) is 0 Å². The summed E-state index contributed by atoms with van der Waals surface area (Å²) in [6.07, 6.45) is 2.06. The van der Waals surface area contributed by atoms with Crippen LogP contribution in [0.3, 0.4) is 0 Å². The number of nitrogens with one attached hydrogen (secondary N) is 1. The zero-order chi connectivity index (χ0) is 10.1. The van der Waals surface area contributed by atoms with Gasteiger partial charge < -0.3 is 10.1 Å². The first-order chi connectivity index (χ1) is 5.99. The highest BCUT2D eigenvalue weighted by Crippen LogP contribution is 2.27. The van der Waals surface area contributed by atoms with Crippen LogP contribution in [0.1, 0.15) is 6.92 Å². The monoisotopic (exact) mass is 189 g/mol. The molecule has 1 aliphatic heterocycles. The van der Waals surface area contributed by atoms with Crippen LogP contribution in [-0.4, -0.2) is 18.9 Å². The molecule has 3 nitrogen and oxygen atoms in total. The lowest BCUT2D eigenvalue weighted by Gasteiger charge is -2.25. The molecule has 13 heavy (non-hydrogen) atoms. The summed E-state index contributed by atoms with van der Waals surface area (Å²) in [6.45, 7) is 1.04. The van der Waals surface area contributed by atoms with Crippen LogP contribution >= 0.6 is 0 Å². The average Bonchev–Trinajstić information content (AvgIpc) is 2.02. The third-order valence-electron chi connectivity index (χ3n) is 1.68. The number of rotatable bonds is 1. The molecule has 1 aliphatic rings. The van der Waals surface area contributed by atoms with Gasteiger partial charge in [-0.15, -0.1) is 0 Å². The highest BCUT2D eigenvalue weighted by Gasteiger charge is 2.38. The van der Waals surface area contributed by atoms with E-state index in [9.17, 15) is 13.6 Å². The van der Waals surface area contributed by atoms with Crippen LogP contribution in [-0.2, 0) is 9.53 Å². The Morgan fingerprint density at radius 2 is 2.31 bits per heavy atom. The second-order valence-corrected chi connectivity index (χ2v) is 2.70. The molecule has 1 rings (SSSR count). The average molecular weight is 189 g/mol. The maximum Gasteiger partial charge on any atom is 0.341 e. The van der Waals surface area contributed by atoms with Gasteiger partial charge in [-0.2, -0.15) is 0 Å². The molecule has 1 atom stereocenters. The fourth-order valence-corrected chi connectivity index (χ4v) is 1.04. The minimum absolute atomic E-state index is 0.641. The van der Waals surface area contributed by atoms with Crippen molar-refractivity contribution in [2.75, 3.05) is 7.11 Å². The van der Waals surface area contributed by atoms with Crippen LogP contribution in [0.5, 0.6) is 0 Å². The Bertz CT molecular complexity index is 295. The fraction of sp³-hybridized carbons (Fsp3) is 0.375. The molecule has 0 radical (unpaired) electrons. The maximum atomic E-state index is 13.5. The van der Waals surface area contributed by atoms with Gasteiger partial charge in [0.2, 0.25) is 5.79 Å². The summed E-state index contributed by atoms with van der Waals surface area (Å²) >= 11 is 0. The normalized spacial score (nSPS) is 27.1. The van der Waals surface area contributed by atoms with Gasteiger partial charge in [0.25, 0.3) is 0 Å². The summed E-state index contributed by atoms with van der Waals surface area (Å²) in [5, 5.41) is 2.21. The predicted octanol–water partition coefficient (Wildman–Crippen LogP) is 1.19. The molecule has 0 saturated heterocycles. The van der Waals surface area contributed by atoms with Crippen LogP contribution in [0.4, 0.5) is 8.78 Å². The van der Waals surface area contributed by atoms with E-state index in [0.717, 1.165) is 26.3 Å². The van der Waals surface area contributed by atoms with Gasteiger partial charge in [-0.05, 0) is 13.0 Å². The molecule has 0 spiro atoms. The van der Waals surface area contributed by atoms with Gasteiger partial charge in [-0.3, -0.25) is 0 Å². The number of allylic oxidation sites excluding steroid dienone is 2. The van der Waals surface area contributed by atoms with E-state index < -0.39 is 23.2 Å². The van der Waals surface area contributed by atoms with E-state index >= 15 is 0 Å². The van der Waals surface area contributed by atoms with Crippen molar-refractivity contribution < 1.29 is 18.3 Å². The van der Waals surface area contributed by atoms with Gasteiger partial charge in [-0.25, -0.2) is 13.6 Å². The second kappa shape index (κ2) is 3.16. The first-order valence-electron chi connectivity index (χ1n) is 3.61. The minimum Gasteiger partial charge on any atom is -0.465 e. The zero-order valence-corrected chi connectivity index (χ0v) is 7.23. The smallest absolute Gasteiger partial charge is 0.341 e. The first kappa shape index (κ1) is 9.70. The van der Waals surface area contributed by atoms with Crippen molar-refractivity contribution in [2.24, 2.45) is 0 Å². The number of alkyl halides is 1. The summed E-state index contributed by atoms with van der Waals surface area (Å²) in [7, 11) is 1.07. The Hall–Kier alpha value is -1.39. The molecule has 0 amide bonds. The lowest BCUT2D eigenvalue weighted by Crippen LogP contribution is -2.41. The summed E-state index contributed by atoms with van der Waals surface area (Å²) in [6, 6.07) is 0. The van der Waals surface area contributed by atoms with E-state index in [1.807, 2.05) is 0 Å². The lowest BCUT2D eigenvalue weighted by molar-refractivity contribution is -0.138. The van der Waals surface area contributed by atoms with Crippen LogP contribution in [0.2, 0.25) is 0 Å². The molecule has 0 aromatic carbocycles. The summed E-state index contributed by atoms with van der Waals surface area (Å²) in [5.74, 6) is -4.15. The van der Waals surface area contributed by atoms with Crippen molar-refractivity contribution in [3.63, 3.8) is 0 Å². The molecule has 1 unspecified atom stereocenters. The molecule has 72 valence electrons. The van der Waals surface area contributed by atoms with Crippen molar-refractivity contribution in [2.45, 2.75) is 12.7 Å². The van der Waals surface area contributed by atoms with Crippen molar-refractivity contribution >= 4 is 5.97 Å². The van der Waals surface area contributed by atoms with Crippen LogP contribution < -0.4 is 5.32 Å².